The van der Waals surface area contributed by atoms with E-state index in [-0.39, 0.29) is 17.3 Å². The van der Waals surface area contributed by atoms with Gasteiger partial charge in [-0.25, -0.2) is 14.4 Å². The van der Waals surface area contributed by atoms with E-state index in [0.29, 0.717) is 11.3 Å². The summed E-state index contributed by atoms with van der Waals surface area (Å²) in [7, 11) is 0. The van der Waals surface area contributed by atoms with Crippen LogP contribution in [0.1, 0.15) is 27.2 Å². The molecule has 0 bridgehead atoms. The molecule has 1 heterocycles. The van der Waals surface area contributed by atoms with Crippen molar-refractivity contribution >= 4 is 23.3 Å². The molecule has 3 N–H and O–H groups in total. The first kappa shape index (κ1) is 17.2. The predicted octanol–water partition coefficient (Wildman–Crippen LogP) is 2.71. The maximum absolute atomic E-state index is 12.2. The molecule has 0 aliphatic rings. The van der Waals surface area contributed by atoms with E-state index in [0.717, 1.165) is 11.1 Å². The molecule has 0 atom stereocenters. The number of aromatic nitrogens is 2. The molecule has 0 amide bonds. The Bertz CT molecular complexity index is 947. The Labute approximate surface area is 149 Å². The number of carbonyl (C=O) groups is 1. The van der Waals surface area contributed by atoms with Crippen molar-refractivity contribution in [2.45, 2.75) is 13.8 Å². The molecule has 0 aliphatic carbocycles. The molecule has 0 spiro atoms. The molecule has 26 heavy (non-hydrogen) atoms. The highest BCUT2D eigenvalue weighted by molar-refractivity contribution is 6.02. The molecular weight excluding hydrogens is 334 g/mol. The van der Waals surface area contributed by atoms with Crippen LogP contribution in [0, 0.1) is 13.8 Å². The molecule has 0 unspecified atom stereocenters. The zero-order chi connectivity index (χ0) is 18.5. The normalized spacial score (nSPS) is 11.2. The fourth-order valence-electron chi connectivity index (χ4n) is 2.14. The van der Waals surface area contributed by atoms with Gasteiger partial charge in [-0.05, 0) is 47.9 Å². The van der Waals surface area contributed by atoms with Crippen LogP contribution in [0.4, 0.5) is 11.5 Å². The minimum absolute atomic E-state index is 0.0243. The molecule has 2 aromatic carbocycles. The number of para-hydroxylation sites is 1. The van der Waals surface area contributed by atoms with Crippen molar-refractivity contribution in [2.24, 2.45) is 4.99 Å². The number of hydroxylamine groups is 1. The molecule has 132 valence electrons. The average molecular weight is 351 g/mol. The number of aliphatic imine (C=N–C) groups is 1. The molecule has 0 fully saturated rings. The number of rotatable bonds is 3. The number of anilines is 1. The first-order valence-corrected chi connectivity index (χ1v) is 7.81. The lowest BCUT2D eigenvalue weighted by Gasteiger charge is -2.09. The Balaban J connectivity index is 1.85. The standard InChI is InChI=1S/C18H17N5O3/c1-11-7-9-13(10-8-11)18(24)25-23-17(15-16(19)22-26-21-15)20-14-6-4-3-5-12(14)2/h3-10H,1-2H3,(H2,19,22)(H,20,23). The summed E-state index contributed by atoms with van der Waals surface area (Å²) >= 11 is 0. The van der Waals surface area contributed by atoms with Crippen molar-refractivity contribution in [1.82, 2.24) is 15.8 Å². The lowest BCUT2D eigenvalue weighted by Crippen LogP contribution is -2.29. The molecule has 0 saturated carbocycles. The number of nitrogens with one attached hydrogen (secondary N) is 1. The zero-order valence-electron chi connectivity index (χ0n) is 14.3. The number of benzene rings is 2. The largest absolute Gasteiger partial charge is 0.379 e. The maximum atomic E-state index is 12.2. The van der Waals surface area contributed by atoms with Crippen molar-refractivity contribution in [1.29, 1.82) is 0 Å². The van der Waals surface area contributed by atoms with Crippen molar-refractivity contribution in [3.8, 4) is 0 Å². The molecule has 0 aliphatic heterocycles. The van der Waals surface area contributed by atoms with E-state index < -0.39 is 5.97 Å². The van der Waals surface area contributed by atoms with Gasteiger partial charge in [0.15, 0.2) is 17.3 Å². The summed E-state index contributed by atoms with van der Waals surface area (Å²) in [5.41, 5.74) is 11.4. The first-order chi connectivity index (χ1) is 12.5. The Morgan fingerprint density at radius 3 is 2.50 bits per heavy atom. The fourth-order valence-corrected chi connectivity index (χ4v) is 2.14. The quantitative estimate of drug-likeness (QED) is 0.423. The zero-order valence-corrected chi connectivity index (χ0v) is 14.3. The molecule has 0 radical (unpaired) electrons. The molecule has 3 aromatic rings. The summed E-state index contributed by atoms with van der Waals surface area (Å²) in [5, 5.41) is 7.24. The number of aryl methyl sites for hydroxylation is 2. The Hall–Kier alpha value is -3.68. The van der Waals surface area contributed by atoms with E-state index in [1.807, 2.05) is 50.2 Å². The Morgan fingerprint density at radius 2 is 1.85 bits per heavy atom. The van der Waals surface area contributed by atoms with Gasteiger partial charge in [0, 0.05) is 0 Å². The highest BCUT2D eigenvalue weighted by atomic mass is 16.7. The fraction of sp³-hybridized carbons (Fsp3) is 0.111. The van der Waals surface area contributed by atoms with Crippen LogP contribution in [0.25, 0.3) is 0 Å². The van der Waals surface area contributed by atoms with Gasteiger partial charge in [0.1, 0.15) is 0 Å². The molecule has 1 aromatic heterocycles. The second kappa shape index (κ2) is 7.47. The second-order valence-corrected chi connectivity index (χ2v) is 5.60. The molecule has 8 nitrogen and oxygen atoms in total. The van der Waals surface area contributed by atoms with Crippen molar-refractivity contribution in [3.63, 3.8) is 0 Å². The summed E-state index contributed by atoms with van der Waals surface area (Å²) < 4.78 is 4.61. The topological polar surface area (TPSA) is 116 Å². The van der Waals surface area contributed by atoms with Crippen molar-refractivity contribution in [3.05, 3.63) is 70.9 Å². The lowest BCUT2D eigenvalue weighted by atomic mass is 10.2. The van der Waals surface area contributed by atoms with Crippen LogP contribution >= 0.6 is 0 Å². The van der Waals surface area contributed by atoms with Crippen LogP contribution in [0.2, 0.25) is 0 Å². The van der Waals surface area contributed by atoms with Gasteiger partial charge in [-0.3, -0.25) is 0 Å². The van der Waals surface area contributed by atoms with Gasteiger partial charge >= 0.3 is 5.97 Å². The summed E-state index contributed by atoms with van der Waals surface area (Å²) in [6, 6.07) is 14.4. The van der Waals surface area contributed by atoms with E-state index in [4.69, 9.17) is 10.6 Å². The van der Waals surface area contributed by atoms with Crippen LogP contribution < -0.4 is 11.2 Å². The maximum Gasteiger partial charge on any atom is 0.362 e. The van der Waals surface area contributed by atoms with Gasteiger partial charge in [0.05, 0.1) is 11.3 Å². The third-order valence-corrected chi connectivity index (χ3v) is 3.61. The Kier molecular flexibility index (Phi) is 4.93. The Morgan fingerprint density at radius 1 is 1.12 bits per heavy atom. The van der Waals surface area contributed by atoms with Crippen molar-refractivity contribution in [2.75, 3.05) is 5.73 Å². The summed E-state index contributed by atoms with van der Waals surface area (Å²) in [6.07, 6.45) is 0. The monoisotopic (exact) mass is 351 g/mol. The van der Waals surface area contributed by atoms with Crippen LogP contribution in [-0.4, -0.2) is 22.1 Å². The van der Waals surface area contributed by atoms with E-state index in [1.54, 1.807) is 12.1 Å². The number of amidine groups is 1. The van der Waals surface area contributed by atoms with Crippen LogP contribution in [0.3, 0.4) is 0 Å². The summed E-state index contributed by atoms with van der Waals surface area (Å²) in [4.78, 5) is 21.8. The number of hydrogen-bond donors (Lipinski definition) is 2. The number of nitrogens with two attached hydrogens (primary N) is 1. The van der Waals surface area contributed by atoms with E-state index in [9.17, 15) is 4.79 Å². The average Bonchev–Trinajstić information content (AvgIpc) is 3.06. The summed E-state index contributed by atoms with van der Waals surface area (Å²) in [5.74, 6) is -0.438. The number of hydrogen-bond acceptors (Lipinski definition) is 7. The third-order valence-electron chi connectivity index (χ3n) is 3.61. The van der Waals surface area contributed by atoms with Gasteiger partial charge in [-0.15, -0.1) is 0 Å². The first-order valence-electron chi connectivity index (χ1n) is 7.81. The van der Waals surface area contributed by atoms with E-state index in [2.05, 4.69) is 25.4 Å². The van der Waals surface area contributed by atoms with Gasteiger partial charge in [-0.2, -0.15) is 5.48 Å². The SMILES string of the molecule is Cc1ccc(C(=O)ONC(=Nc2ccccc2C)c2nonc2N)cc1. The molecule has 3 rings (SSSR count). The minimum Gasteiger partial charge on any atom is -0.379 e. The smallest absolute Gasteiger partial charge is 0.362 e. The predicted molar refractivity (Wildman–Crippen MR) is 95.8 cm³/mol. The van der Waals surface area contributed by atoms with Gasteiger partial charge in [0.2, 0.25) is 0 Å². The molecule has 0 saturated heterocycles. The van der Waals surface area contributed by atoms with Crippen LogP contribution in [0.15, 0.2) is 58.2 Å². The summed E-state index contributed by atoms with van der Waals surface area (Å²) in [6.45, 7) is 3.83. The number of nitrogens with zero attached hydrogens (tertiary/aromatic N) is 3. The highest BCUT2D eigenvalue weighted by Gasteiger charge is 2.17. The second-order valence-electron chi connectivity index (χ2n) is 5.60. The van der Waals surface area contributed by atoms with Crippen LogP contribution in [0.5, 0.6) is 0 Å². The van der Waals surface area contributed by atoms with Gasteiger partial charge < -0.3 is 10.6 Å². The van der Waals surface area contributed by atoms with E-state index >= 15 is 0 Å². The van der Waals surface area contributed by atoms with Crippen molar-refractivity contribution < 1.29 is 14.3 Å². The third kappa shape index (κ3) is 3.86. The van der Waals surface area contributed by atoms with Gasteiger partial charge in [-0.1, -0.05) is 35.9 Å². The highest BCUT2D eigenvalue weighted by Crippen LogP contribution is 2.19. The molecular formula is C18H17N5O3. The lowest BCUT2D eigenvalue weighted by molar-refractivity contribution is 0.0387. The minimum atomic E-state index is -0.572. The number of carbonyl (C=O) groups excluding carboxylic acids is 1. The molecule has 8 heteroatoms. The van der Waals surface area contributed by atoms with Crippen LogP contribution in [-0.2, 0) is 4.84 Å². The van der Waals surface area contributed by atoms with Gasteiger partial charge in [0.25, 0.3) is 0 Å². The van der Waals surface area contributed by atoms with E-state index in [1.165, 1.54) is 0 Å². The number of nitrogen functional groups attached to an aromatic ring is 1.